The Morgan fingerprint density at radius 2 is 1.96 bits per heavy atom. The third kappa shape index (κ3) is 4.56. The Morgan fingerprint density at radius 3 is 2.57 bits per heavy atom. The quantitative estimate of drug-likeness (QED) is 0.666. The minimum absolute atomic E-state index is 0.190. The molecule has 0 bridgehead atoms. The van der Waals surface area contributed by atoms with Gasteiger partial charge in [0.05, 0.1) is 5.69 Å². The van der Waals surface area contributed by atoms with E-state index < -0.39 is 12.1 Å². The van der Waals surface area contributed by atoms with E-state index in [1.165, 1.54) is 12.8 Å². The van der Waals surface area contributed by atoms with Crippen LogP contribution in [-0.4, -0.2) is 29.2 Å². The molecule has 1 atom stereocenters. The number of rotatable bonds is 5. The largest absolute Gasteiger partial charge is 0.449 e. The van der Waals surface area contributed by atoms with Crippen LogP contribution in [0.1, 0.15) is 74.2 Å². The van der Waals surface area contributed by atoms with E-state index in [0.717, 1.165) is 25.7 Å². The lowest BCUT2D eigenvalue weighted by atomic mass is 10.1. The van der Waals surface area contributed by atoms with Crippen LogP contribution in [0.25, 0.3) is 0 Å². The molecule has 6 heteroatoms. The minimum atomic E-state index is -0.829. The molecule has 1 heterocycles. The fraction of sp³-hybridized carbons (Fsp3) is 0.706. The molecule has 1 aliphatic carbocycles. The highest BCUT2D eigenvalue weighted by atomic mass is 16.5. The van der Waals surface area contributed by atoms with E-state index >= 15 is 0 Å². The molecule has 0 spiro atoms. The zero-order valence-electron chi connectivity index (χ0n) is 14.2. The molecule has 1 amide bonds. The van der Waals surface area contributed by atoms with E-state index in [1.54, 1.807) is 13.8 Å². The number of nitrogens with zero attached hydrogens (tertiary/aromatic N) is 1. The second kappa shape index (κ2) is 8.13. The lowest BCUT2D eigenvalue weighted by Gasteiger charge is -2.19. The molecule has 0 aliphatic heterocycles. The highest BCUT2D eigenvalue weighted by Crippen LogP contribution is 2.18. The molecular weight excluding hydrogens is 296 g/mol. The first-order valence-electron chi connectivity index (χ1n) is 8.49. The molecule has 1 N–H and O–H groups in total. The standard InChI is InChI=1S/C17H26N2O4/c1-4-14-15(11(2)23-19-14)17(21)22-12(3)16(20)18-13-9-7-5-6-8-10-13/h12-13H,4-10H2,1-3H3,(H,18,20)/t12-/m0/s1. The van der Waals surface area contributed by atoms with Gasteiger partial charge in [-0.3, -0.25) is 4.79 Å². The van der Waals surface area contributed by atoms with Crippen molar-refractivity contribution in [1.29, 1.82) is 0 Å². The van der Waals surface area contributed by atoms with Crippen molar-refractivity contribution in [2.75, 3.05) is 0 Å². The molecule has 0 aromatic carbocycles. The SMILES string of the molecule is CCc1noc(C)c1C(=O)O[C@@H](C)C(=O)NC1CCCCCC1. The predicted octanol–water partition coefficient (Wildman–Crippen LogP) is 2.93. The number of esters is 1. The van der Waals surface area contributed by atoms with Crippen LogP contribution < -0.4 is 5.32 Å². The van der Waals surface area contributed by atoms with Gasteiger partial charge < -0.3 is 14.6 Å². The molecule has 1 fully saturated rings. The predicted molar refractivity (Wildman–Crippen MR) is 85.1 cm³/mol. The minimum Gasteiger partial charge on any atom is -0.449 e. The Labute approximate surface area is 136 Å². The number of hydrogen-bond acceptors (Lipinski definition) is 5. The maximum atomic E-state index is 12.3. The maximum Gasteiger partial charge on any atom is 0.344 e. The summed E-state index contributed by atoms with van der Waals surface area (Å²) in [7, 11) is 0. The van der Waals surface area contributed by atoms with Gasteiger partial charge in [0.25, 0.3) is 5.91 Å². The first-order chi connectivity index (χ1) is 11.0. The highest BCUT2D eigenvalue weighted by Gasteiger charge is 2.26. The third-order valence-corrected chi connectivity index (χ3v) is 4.33. The van der Waals surface area contributed by atoms with Crippen LogP contribution in [0.2, 0.25) is 0 Å². The lowest BCUT2D eigenvalue weighted by molar-refractivity contribution is -0.129. The van der Waals surface area contributed by atoms with Crippen molar-refractivity contribution in [2.45, 2.75) is 77.9 Å². The average Bonchev–Trinajstić information content (AvgIpc) is 2.72. The summed E-state index contributed by atoms with van der Waals surface area (Å²) in [6, 6.07) is 0.190. The van der Waals surface area contributed by atoms with Crippen LogP contribution >= 0.6 is 0 Å². The summed E-state index contributed by atoms with van der Waals surface area (Å²) in [6.45, 7) is 5.15. The second-order valence-electron chi connectivity index (χ2n) is 6.16. The summed E-state index contributed by atoms with van der Waals surface area (Å²) in [6.07, 6.45) is 6.47. The summed E-state index contributed by atoms with van der Waals surface area (Å²) in [5, 5.41) is 6.83. The zero-order chi connectivity index (χ0) is 16.8. The van der Waals surface area contributed by atoms with E-state index in [2.05, 4.69) is 10.5 Å². The van der Waals surface area contributed by atoms with Crippen LogP contribution in [-0.2, 0) is 16.0 Å². The van der Waals surface area contributed by atoms with Crippen LogP contribution in [0.15, 0.2) is 4.52 Å². The van der Waals surface area contributed by atoms with E-state index in [4.69, 9.17) is 9.26 Å². The molecular formula is C17H26N2O4. The first-order valence-corrected chi connectivity index (χ1v) is 8.49. The molecule has 0 radical (unpaired) electrons. The van der Waals surface area contributed by atoms with Crippen LogP contribution in [0.5, 0.6) is 0 Å². The molecule has 1 aromatic heterocycles. The number of aromatic nitrogens is 1. The molecule has 1 aromatic rings. The number of aryl methyl sites for hydroxylation is 2. The number of carbonyl (C=O) groups excluding carboxylic acids is 2. The normalized spacial score (nSPS) is 17.3. The van der Waals surface area contributed by atoms with Crippen LogP contribution in [0, 0.1) is 6.92 Å². The van der Waals surface area contributed by atoms with Gasteiger partial charge >= 0.3 is 5.97 Å². The molecule has 128 valence electrons. The molecule has 2 rings (SSSR count). The van der Waals surface area contributed by atoms with E-state index in [9.17, 15) is 9.59 Å². The van der Waals surface area contributed by atoms with Crippen molar-refractivity contribution in [2.24, 2.45) is 0 Å². The van der Waals surface area contributed by atoms with Crippen molar-refractivity contribution in [3.63, 3.8) is 0 Å². The Morgan fingerprint density at radius 1 is 1.30 bits per heavy atom. The van der Waals surface area contributed by atoms with E-state index in [1.807, 2.05) is 6.92 Å². The second-order valence-corrected chi connectivity index (χ2v) is 6.16. The van der Waals surface area contributed by atoms with Gasteiger partial charge in [-0.1, -0.05) is 37.8 Å². The number of ether oxygens (including phenoxy) is 1. The van der Waals surface area contributed by atoms with Gasteiger partial charge in [-0.25, -0.2) is 4.79 Å². The van der Waals surface area contributed by atoms with Gasteiger partial charge in [0, 0.05) is 6.04 Å². The summed E-state index contributed by atoms with van der Waals surface area (Å²) in [5.74, 6) is -0.371. The van der Waals surface area contributed by atoms with Gasteiger partial charge in [-0.2, -0.15) is 0 Å². The fourth-order valence-electron chi connectivity index (χ4n) is 2.94. The summed E-state index contributed by atoms with van der Waals surface area (Å²) in [5.41, 5.74) is 0.894. The molecule has 1 aliphatic rings. The lowest BCUT2D eigenvalue weighted by Crippen LogP contribution is -2.42. The Hall–Kier alpha value is -1.85. The van der Waals surface area contributed by atoms with Crippen molar-refractivity contribution in [1.82, 2.24) is 10.5 Å². The molecule has 0 unspecified atom stereocenters. The Balaban J connectivity index is 1.92. The summed E-state index contributed by atoms with van der Waals surface area (Å²) >= 11 is 0. The number of nitrogens with one attached hydrogen (secondary N) is 1. The van der Waals surface area contributed by atoms with Gasteiger partial charge in [-0.15, -0.1) is 0 Å². The van der Waals surface area contributed by atoms with Crippen LogP contribution in [0.3, 0.4) is 0 Å². The number of carbonyl (C=O) groups is 2. The van der Waals surface area contributed by atoms with Crippen molar-refractivity contribution in [3.8, 4) is 0 Å². The first kappa shape index (κ1) is 17.5. The Bertz CT molecular complexity index is 545. The van der Waals surface area contributed by atoms with Crippen molar-refractivity contribution < 1.29 is 18.8 Å². The number of amides is 1. The number of hydrogen-bond donors (Lipinski definition) is 1. The van der Waals surface area contributed by atoms with Gasteiger partial charge in [0.1, 0.15) is 11.3 Å². The van der Waals surface area contributed by atoms with E-state index in [0.29, 0.717) is 23.4 Å². The van der Waals surface area contributed by atoms with Crippen molar-refractivity contribution >= 4 is 11.9 Å². The molecule has 1 saturated carbocycles. The Kier molecular flexibility index (Phi) is 6.19. The highest BCUT2D eigenvalue weighted by molar-refractivity contribution is 5.94. The van der Waals surface area contributed by atoms with Crippen LogP contribution in [0.4, 0.5) is 0 Å². The van der Waals surface area contributed by atoms with Gasteiger partial charge in [0.15, 0.2) is 6.10 Å². The molecule has 0 saturated heterocycles. The smallest absolute Gasteiger partial charge is 0.344 e. The zero-order valence-corrected chi connectivity index (χ0v) is 14.2. The monoisotopic (exact) mass is 322 g/mol. The fourth-order valence-corrected chi connectivity index (χ4v) is 2.94. The topological polar surface area (TPSA) is 81.4 Å². The maximum absolute atomic E-state index is 12.3. The van der Waals surface area contributed by atoms with Gasteiger partial charge in [0.2, 0.25) is 0 Å². The van der Waals surface area contributed by atoms with Gasteiger partial charge in [-0.05, 0) is 33.1 Å². The summed E-state index contributed by atoms with van der Waals surface area (Å²) < 4.78 is 10.3. The molecule has 6 nitrogen and oxygen atoms in total. The summed E-state index contributed by atoms with van der Waals surface area (Å²) in [4.78, 5) is 24.5. The van der Waals surface area contributed by atoms with E-state index in [-0.39, 0.29) is 11.9 Å². The average molecular weight is 322 g/mol. The van der Waals surface area contributed by atoms with Crippen molar-refractivity contribution in [3.05, 3.63) is 17.0 Å². The molecule has 23 heavy (non-hydrogen) atoms. The third-order valence-electron chi connectivity index (χ3n) is 4.33.